The fourth-order valence-corrected chi connectivity index (χ4v) is 2.66. The molecular formula is C19H18N2O3. The third-order valence-corrected chi connectivity index (χ3v) is 3.75. The molecule has 0 saturated heterocycles. The van der Waals surface area contributed by atoms with Gasteiger partial charge in [0.1, 0.15) is 11.3 Å². The van der Waals surface area contributed by atoms with Crippen molar-refractivity contribution in [3.63, 3.8) is 0 Å². The Balaban J connectivity index is 2.21. The number of aromatic nitrogens is 2. The molecule has 0 unspecified atom stereocenters. The fraction of sp³-hybridized carbons (Fsp3) is 0.158. The predicted molar refractivity (Wildman–Crippen MR) is 91.4 cm³/mol. The average molecular weight is 322 g/mol. The number of para-hydroxylation sites is 1. The van der Waals surface area contributed by atoms with Gasteiger partial charge in [-0.1, -0.05) is 12.1 Å². The van der Waals surface area contributed by atoms with Crippen molar-refractivity contribution in [3.8, 4) is 22.8 Å². The Kier molecular flexibility index (Phi) is 4.33. The summed E-state index contributed by atoms with van der Waals surface area (Å²) in [5.41, 5.74) is 2.72. The zero-order valence-corrected chi connectivity index (χ0v) is 13.6. The van der Waals surface area contributed by atoms with Gasteiger partial charge in [0.2, 0.25) is 0 Å². The van der Waals surface area contributed by atoms with Gasteiger partial charge in [-0.15, -0.1) is 0 Å². The van der Waals surface area contributed by atoms with Gasteiger partial charge in [-0.2, -0.15) is 0 Å². The first-order valence-corrected chi connectivity index (χ1v) is 7.72. The Labute approximate surface area is 140 Å². The van der Waals surface area contributed by atoms with E-state index in [1.807, 2.05) is 35.8 Å². The van der Waals surface area contributed by atoms with Gasteiger partial charge in [0.25, 0.3) is 0 Å². The highest BCUT2D eigenvalue weighted by atomic mass is 16.5. The summed E-state index contributed by atoms with van der Waals surface area (Å²) in [5.74, 6) is 0.235. The van der Waals surface area contributed by atoms with Crippen molar-refractivity contribution in [2.24, 2.45) is 0 Å². The minimum Gasteiger partial charge on any atom is -0.507 e. The lowest BCUT2D eigenvalue weighted by Gasteiger charge is -2.15. The van der Waals surface area contributed by atoms with E-state index in [2.05, 4.69) is 4.98 Å². The van der Waals surface area contributed by atoms with E-state index >= 15 is 0 Å². The maximum atomic E-state index is 12.3. The molecule has 24 heavy (non-hydrogen) atoms. The van der Waals surface area contributed by atoms with Crippen molar-refractivity contribution >= 4 is 5.97 Å². The zero-order chi connectivity index (χ0) is 17.1. The van der Waals surface area contributed by atoms with Gasteiger partial charge in [0, 0.05) is 17.5 Å². The molecule has 0 aliphatic heterocycles. The molecule has 5 heteroatoms. The first-order valence-electron chi connectivity index (χ1n) is 7.72. The molecule has 0 fully saturated rings. The van der Waals surface area contributed by atoms with Gasteiger partial charge in [-0.3, -0.25) is 4.57 Å². The largest absolute Gasteiger partial charge is 0.507 e. The third-order valence-electron chi connectivity index (χ3n) is 3.75. The van der Waals surface area contributed by atoms with Crippen LogP contribution >= 0.6 is 0 Å². The number of phenols is 1. The zero-order valence-electron chi connectivity index (χ0n) is 13.6. The van der Waals surface area contributed by atoms with Crippen LogP contribution in [-0.2, 0) is 4.74 Å². The van der Waals surface area contributed by atoms with Crippen LogP contribution in [0.1, 0.15) is 23.0 Å². The Morgan fingerprint density at radius 1 is 1.17 bits per heavy atom. The SMILES string of the molecule is CCOC(=O)c1cccnc1-n1c(C)ccc1-c1ccccc1O. The molecule has 3 rings (SSSR count). The van der Waals surface area contributed by atoms with Crippen LogP contribution in [0.4, 0.5) is 0 Å². The maximum absolute atomic E-state index is 12.3. The fourth-order valence-electron chi connectivity index (χ4n) is 2.66. The molecule has 2 heterocycles. The topological polar surface area (TPSA) is 64.3 Å². The minimum absolute atomic E-state index is 0.172. The molecule has 5 nitrogen and oxygen atoms in total. The molecule has 122 valence electrons. The van der Waals surface area contributed by atoms with Crippen LogP contribution < -0.4 is 0 Å². The number of carbonyl (C=O) groups excluding carboxylic acids is 1. The summed E-state index contributed by atoms with van der Waals surface area (Å²) < 4.78 is 6.98. The molecule has 3 aromatic rings. The van der Waals surface area contributed by atoms with E-state index in [1.165, 1.54) is 0 Å². The van der Waals surface area contributed by atoms with E-state index in [-0.39, 0.29) is 5.75 Å². The van der Waals surface area contributed by atoms with Crippen LogP contribution in [0, 0.1) is 6.92 Å². The normalized spacial score (nSPS) is 10.6. The Bertz CT molecular complexity index is 884. The van der Waals surface area contributed by atoms with Crippen LogP contribution in [0.2, 0.25) is 0 Å². The van der Waals surface area contributed by atoms with Crippen LogP contribution in [0.3, 0.4) is 0 Å². The number of pyridine rings is 1. The van der Waals surface area contributed by atoms with Crippen LogP contribution in [0.5, 0.6) is 5.75 Å². The number of hydrogen-bond acceptors (Lipinski definition) is 4. The molecule has 0 radical (unpaired) electrons. The van der Waals surface area contributed by atoms with E-state index in [4.69, 9.17) is 4.74 Å². The number of aryl methyl sites for hydroxylation is 1. The number of hydrogen-bond donors (Lipinski definition) is 1. The molecule has 0 atom stereocenters. The van der Waals surface area contributed by atoms with Crippen LogP contribution in [0.25, 0.3) is 17.1 Å². The molecule has 0 aliphatic carbocycles. The van der Waals surface area contributed by atoms with Gasteiger partial charge in [-0.05, 0) is 50.2 Å². The summed E-state index contributed by atoms with van der Waals surface area (Å²) in [5, 5.41) is 10.2. The summed E-state index contributed by atoms with van der Waals surface area (Å²) in [6.45, 7) is 3.99. The van der Waals surface area contributed by atoms with E-state index in [1.54, 1.807) is 37.4 Å². The number of esters is 1. The van der Waals surface area contributed by atoms with Gasteiger partial charge >= 0.3 is 5.97 Å². The van der Waals surface area contributed by atoms with Gasteiger partial charge in [0.05, 0.1) is 12.3 Å². The molecule has 1 aromatic carbocycles. The second-order valence-corrected chi connectivity index (χ2v) is 5.31. The molecule has 0 amide bonds. The minimum atomic E-state index is -0.420. The molecule has 0 saturated carbocycles. The molecule has 2 aromatic heterocycles. The Morgan fingerprint density at radius 3 is 2.71 bits per heavy atom. The quantitative estimate of drug-likeness (QED) is 0.743. The van der Waals surface area contributed by atoms with Crippen LogP contribution in [-0.4, -0.2) is 27.2 Å². The Morgan fingerprint density at radius 2 is 1.96 bits per heavy atom. The number of benzene rings is 1. The van der Waals surface area contributed by atoms with Gasteiger partial charge < -0.3 is 9.84 Å². The van der Waals surface area contributed by atoms with Crippen molar-refractivity contribution in [1.29, 1.82) is 0 Å². The van der Waals surface area contributed by atoms with Crippen molar-refractivity contribution in [1.82, 2.24) is 9.55 Å². The number of rotatable bonds is 4. The van der Waals surface area contributed by atoms with Gasteiger partial charge in [-0.25, -0.2) is 9.78 Å². The lowest BCUT2D eigenvalue weighted by molar-refractivity contribution is 0.0526. The second-order valence-electron chi connectivity index (χ2n) is 5.31. The maximum Gasteiger partial charge on any atom is 0.341 e. The highest BCUT2D eigenvalue weighted by molar-refractivity contribution is 5.93. The highest BCUT2D eigenvalue weighted by Crippen LogP contribution is 2.32. The van der Waals surface area contributed by atoms with E-state index in [0.717, 1.165) is 11.4 Å². The number of carbonyl (C=O) groups is 1. The van der Waals surface area contributed by atoms with Crippen molar-refractivity contribution < 1.29 is 14.6 Å². The first-order chi connectivity index (χ1) is 11.6. The molecule has 0 spiro atoms. The summed E-state index contributed by atoms with van der Waals surface area (Å²) in [7, 11) is 0. The molecule has 0 aliphatic rings. The average Bonchev–Trinajstić information content (AvgIpc) is 2.97. The molecule has 1 N–H and O–H groups in total. The van der Waals surface area contributed by atoms with Crippen LogP contribution in [0.15, 0.2) is 54.7 Å². The van der Waals surface area contributed by atoms with Gasteiger partial charge in [0.15, 0.2) is 5.82 Å². The summed E-state index contributed by atoms with van der Waals surface area (Å²) >= 11 is 0. The standard InChI is InChI=1S/C19H18N2O3/c1-3-24-19(23)15-8-6-12-20-18(15)21-13(2)10-11-16(21)14-7-4-5-9-17(14)22/h4-12,22H,3H2,1-2H3. The first kappa shape index (κ1) is 15.8. The van der Waals surface area contributed by atoms with Crippen molar-refractivity contribution in [2.75, 3.05) is 6.61 Å². The number of aromatic hydroxyl groups is 1. The van der Waals surface area contributed by atoms with Crippen molar-refractivity contribution in [2.45, 2.75) is 13.8 Å². The third kappa shape index (κ3) is 2.76. The van der Waals surface area contributed by atoms with E-state index < -0.39 is 5.97 Å². The summed E-state index contributed by atoms with van der Waals surface area (Å²) in [6.07, 6.45) is 1.63. The lowest BCUT2D eigenvalue weighted by atomic mass is 10.1. The number of ether oxygens (including phenoxy) is 1. The van der Waals surface area contributed by atoms with Crippen molar-refractivity contribution in [3.05, 3.63) is 66.0 Å². The predicted octanol–water partition coefficient (Wildman–Crippen LogP) is 3.73. The smallest absolute Gasteiger partial charge is 0.341 e. The summed E-state index contributed by atoms with van der Waals surface area (Å²) in [6, 6.07) is 14.3. The molecule has 0 bridgehead atoms. The molecular weight excluding hydrogens is 304 g/mol. The monoisotopic (exact) mass is 322 g/mol. The highest BCUT2D eigenvalue weighted by Gasteiger charge is 2.19. The summed E-state index contributed by atoms with van der Waals surface area (Å²) in [4.78, 5) is 16.6. The lowest BCUT2D eigenvalue weighted by Crippen LogP contribution is -2.12. The number of phenolic OH excluding ortho intramolecular Hbond substituents is 1. The second kappa shape index (κ2) is 6.58. The number of nitrogens with zero attached hydrogens (tertiary/aromatic N) is 2. The van der Waals surface area contributed by atoms with E-state index in [0.29, 0.717) is 23.6 Å². The Hall–Kier alpha value is -3.08. The van der Waals surface area contributed by atoms with E-state index in [9.17, 15) is 9.90 Å².